The first-order valence-electron chi connectivity index (χ1n) is 10.1. The summed E-state index contributed by atoms with van der Waals surface area (Å²) < 4.78 is 39.0. The van der Waals surface area contributed by atoms with E-state index in [0.717, 1.165) is 6.07 Å². The van der Waals surface area contributed by atoms with Crippen LogP contribution in [0.15, 0.2) is 48.9 Å². The smallest absolute Gasteiger partial charge is 0.408 e. The highest BCUT2D eigenvalue weighted by Gasteiger charge is 2.31. The number of fused-ring (bicyclic) bond motifs is 1. The second kappa shape index (κ2) is 9.60. The van der Waals surface area contributed by atoms with E-state index < -0.39 is 29.7 Å². The largest absolute Gasteiger partial charge is 0.492 e. The Morgan fingerprint density at radius 3 is 2.76 bits per heavy atom. The molecule has 0 aliphatic carbocycles. The van der Waals surface area contributed by atoms with E-state index >= 15 is 0 Å². The van der Waals surface area contributed by atoms with E-state index in [9.17, 15) is 18.4 Å². The molecule has 4 rings (SSSR count). The molecule has 33 heavy (non-hydrogen) atoms. The van der Waals surface area contributed by atoms with Gasteiger partial charge in [-0.2, -0.15) is 0 Å². The lowest BCUT2D eigenvalue weighted by Gasteiger charge is -2.28. The average molecular weight is 454 g/mol. The van der Waals surface area contributed by atoms with Gasteiger partial charge in [0, 0.05) is 18.3 Å². The number of aromatic nitrogens is 2. The predicted octanol–water partition coefficient (Wildman–Crippen LogP) is 4.07. The van der Waals surface area contributed by atoms with Gasteiger partial charge in [0.2, 0.25) is 0 Å². The zero-order valence-corrected chi connectivity index (χ0v) is 17.6. The van der Waals surface area contributed by atoms with Crippen LogP contribution in [-0.2, 0) is 11.3 Å². The fourth-order valence-corrected chi connectivity index (χ4v) is 3.45. The number of alkyl carbamates (subject to hydrolysis) is 1. The number of hydrogen-bond acceptors (Lipinski definition) is 6. The Hall–Kier alpha value is -4.08. The van der Waals surface area contributed by atoms with Crippen molar-refractivity contribution in [3.63, 3.8) is 0 Å². The van der Waals surface area contributed by atoms with E-state index in [1.165, 1.54) is 36.8 Å². The Balaban J connectivity index is 1.51. The molecule has 0 saturated carbocycles. The number of carbonyl (C=O) groups excluding carboxylic acids is 2. The fourth-order valence-electron chi connectivity index (χ4n) is 3.45. The molecule has 1 aliphatic rings. The van der Waals surface area contributed by atoms with Gasteiger partial charge in [-0.1, -0.05) is 0 Å². The van der Waals surface area contributed by atoms with Gasteiger partial charge < -0.3 is 20.1 Å². The van der Waals surface area contributed by atoms with Crippen LogP contribution in [-0.4, -0.2) is 28.6 Å². The van der Waals surface area contributed by atoms with Crippen molar-refractivity contribution in [3.8, 4) is 5.75 Å². The second-order valence-corrected chi connectivity index (χ2v) is 7.37. The van der Waals surface area contributed by atoms with Crippen LogP contribution in [0.25, 0.3) is 0 Å². The lowest BCUT2D eigenvalue weighted by atomic mass is 9.96. The van der Waals surface area contributed by atoms with Crippen LogP contribution < -0.4 is 15.4 Å². The number of carbonyl (C=O) groups is 2. The number of aryl methyl sites for hydroxylation is 1. The molecule has 170 valence electrons. The number of nitrogens with zero attached hydrogens (tertiary/aromatic N) is 2. The van der Waals surface area contributed by atoms with E-state index in [0.29, 0.717) is 16.9 Å². The van der Waals surface area contributed by atoms with E-state index in [1.54, 1.807) is 13.0 Å². The molecule has 1 aliphatic heterocycles. The molecule has 0 unspecified atom stereocenters. The first-order valence-corrected chi connectivity index (χ1v) is 10.1. The summed E-state index contributed by atoms with van der Waals surface area (Å²) in [6, 6.07) is 7.44. The van der Waals surface area contributed by atoms with Crippen molar-refractivity contribution in [1.82, 2.24) is 15.3 Å². The number of halogens is 2. The second-order valence-electron chi connectivity index (χ2n) is 7.37. The highest BCUT2D eigenvalue weighted by Crippen LogP contribution is 2.37. The highest BCUT2D eigenvalue weighted by molar-refractivity contribution is 6.06. The standard InChI is InChI=1S/C23H20F2N4O4/c1-13-10-14(2-4-17(13)24)28-22(30)16-3-5-18(25)20-19(7-9-32-21(16)20)29-23(31)33-11-15-6-8-26-12-27-15/h2-6,8,10,12,19H,7,9,11H2,1H3,(H,28,30)(H,29,31)/t19-/m0/s1. The third kappa shape index (κ3) is 5.05. The van der Waals surface area contributed by atoms with Crippen LogP contribution in [0.4, 0.5) is 19.3 Å². The van der Waals surface area contributed by atoms with Crippen molar-refractivity contribution in [2.45, 2.75) is 26.0 Å². The summed E-state index contributed by atoms with van der Waals surface area (Å²) in [7, 11) is 0. The molecule has 2 amide bonds. The van der Waals surface area contributed by atoms with Crippen molar-refractivity contribution < 1.29 is 27.8 Å². The lowest BCUT2D eigenvalue weighted by Crippen LogP contribution is -2.34. The summed E-state index contributed by atoms with van der Waals surface area (Å²) in [5.74, 6) is -1.53. The van der Waals surface area contributed by atoms with Crippen LogP contribution in [0.3, 0.4) is 0 Å². The molecule has 0 saturated heterocycles. The zero-order valence-electron chi connectivity index (χ0n) is 17.6. The minimum atomic E-state index is -0.762. The third-order valence-corrected chi connectivity index (χ3v) is 5.09. The van der Waals surface area contributed by atoms with Gasteiger partial charge in [-0.05, 0) is 48.9 Å². The third-order valence-electron chi connectivity index (χ3n) is 5.09. The number of amides is 2. The molecular weight excluding hydrogens is 434 g/mol. The van der Waals surface area contributed by atoms with Crippen LogP contribution in [0.1, 0.15) is 39.6 Å². The quantitative estimate of drug-likeness (QED) is 0.603. The maximum atomic E-state index is 14.7. The van der Waals surface area contributed by atoms with E-state index in [1.807, 2.05) is 0 Å². The molecule has 1 atom stereocenters. The molecule has 3 aromatic rings. The van der Waals surface area contributed by atoms with Crippen molar-refractivity contribution >= 4 is 17.7 Å². The summed E-state index contributed by atoms with van der Waals surface area (Å²) >= 11 is 0. The number of anilines is 1. The van der Waals surface area contributed by atoms with Crippen LogP contribution in [0.2, 0.25) is 0 Å². The van der Waals surface area contributed by atoms with Crippen molar-refractivity contribution in [1.29, 1.82) is 0 Å². The van der Waals surface area contributed by atoms with Gasteiger partial charge >= 0.3 is 6.09 Å². The van der Waals surface area contributed by atoms with Gasteiger partial charge in [0.05, 0.1) is 29.5 Å². The predicted molar refractivity (Wildman–Crippen MR) is 114 cm³/mol. The molecule has 0 fully saturated rings. The van der Waals surface area contributed by atoms with Crippen molar-refractivity contribution in [2.75, 3.05) is 11.9 Å². The number of hydrogen-bond donors (Lipinski definition) is 2. The first kappa shape index (κ1) is 22.1. The molecule has 2 aromatic carbocycles. The van der Waals surface area contributed by atoms with Gasteiger partial charge in [-0.15, -0.1) is 0 Å². The minimum absolute atomic E-state index is 0.0404. The monoisotopic (exact) mass is 454 g/mol. The normalized spacial score (nSPS) is 14.6. The van der Waals surface area contributed by atoms with Gasteiger partial charge in [-0.3, -0.25) is 4.79 Å². The first-order chi connectivity index (χ1) is 15.9. The van der Waals surface area contributed by atoms with Crippen LogP contribution in [0, 0.1) is 18.6 Å². The molecule has 10 heteroatoms. The maximum Gasteiger partial charge on any atom is 0.408 e. The SMILES string of the molecule is Cc1cc(NC(=O)c2ccc(F)c3c2OCC[C@@H]3NC(=O)OCc2ccncn2)ccc1F. The number of benzene rings is 2. The minimum Gasteiger partial charge on any atom is -0.492 e. The van der Waals surface area contributed by atoms with Gasteiger partial charge in [0.15, 0.2) is 0 Å². The molecular formula is C23H20F2N4O4. The van der Waals surface area contributed by atoms with Crippen molar-refractivity contribution in [3.05, 3.63) is 82.9 Å². The Kier molecular flexibility index (Phi) is 6.43. The summed E-state index contributed by atoms with van der Waals surface area (Å²) in [4.78, 5) is 32.9. The van der Waals surface area contributed by atoms with E-state index in [4.69, 9.17) is 9.47 Å². The maximum absolute atomic E-state index is 14.7. The fraction of sp³-hybridized carbons (Fsp3) is 0.217. The summed E-state index contributed by atoms with van der Waals surface area (Å²) in [5.41, 5.74) is 1.41. The Morgan fingerprint density at radius 1 is 1.18 bits per heavy atom. The van der Waals surface area contributed by atoms with Gasteiger partial charge in [0.25, 0.3) is 5.91 Å². The Labute approximate surface area is 188 Å². The topological polar surface area (TPSA) is 102 Å². The molecule has 2 N–H and O–H groups in total. The summed E-state index contributed by atoms with van der Waals surface area (Å²) in [6.45, 7) is 1.66. The highest BCUT2D eigenvalue weighted by atomic mass is 19.1. The molecule has 1 aromatic heterocycles. The lowest BCUT2D eigenvalue weighted by molar-refractivity contribution is 0.102. The van der Waals surface area contributed by atoms with Crippen molar-refractivity contribution in [2.24, 2.45) is 0 Å². The number of nitrogens with one attached hydrogen (secondary N) is 2. The molecule has 0 bridgehead atoms. The molecule has 8 nitrogen and oxygen atoms in total. The Bertz CT molecular complexity index is 1190. The van der Waals surface area contributed by atoms with E-state index in [-0.39, 0.29) is 36.5 Å². The zero-order chi connectivity index (χ0) is 23.4. The number of rotatable bonds is 5. The average Bonchev–Trinajstić information content (AvgIpc) is 2.81. The van der Waals surface area contributed by atoms with Crippen LogP contribution in [0.5, 0.6) is 5.75 Å². The van der Waals surface area contributed by atoms with E-state index in [2.05, 4.69) is 20.6 Å². The van der Waals surface area contributed by atoms with Gasteiger partial charge in [0.1, 0.15) is 30.3 Å². The molecule has 0 radical (unpaired) electrons. The molecule has 2 heterocycles. The number of ether oxygens (including phenoxy) is 2. The molecule has 0 spiro atoms. The summed E-state index contributed by atoms with van der Waals surface area (Å²) in [5, 5.41) is 5.28. The summed E-state index contributed by atoms with van der Waals surface area (Å²) in [6.07, 6.45) is 2.38. The van der Waals surface area contributed by atoms with Gasteiger partial charge in [-0.25, -0.2) is 23.5 Å². The van der Waals surface area contributed by atoms with Crippen LogP contribution >= 0.6 is 0 Å². The Morgan fingerprint density at radius 2 is 2.00 bits per heavy atom.